The van der Waals surface area contributed by atoms with E-state index in [2.05, 4.69) is 17.5 Å². The highest BCUT2D eigenvalue weighted by Crippen LogP contribution is 2.25. The van der Waals surface area contributed by atoms with Gasteiger partial charge in [-0.25, -0.2) is 0 Å². The van der Waals surface area contributed by atoms with Crippen LogP contribution in [0.25, 0.3) is 0 Å². The Balaban J connectivity index is 1.76. The lowest BCUT2D eigenvalue weighted by molar-refractivity contribution is 0.0372. The van der Waals surface area contributed by atoms with Crippen molar-refractivity contribution in [2.75, 3.05) is 26.2 Å². The van der Waals surface area contributed by atoms with E-state index in [9.17, 15) is 4.79 Å². The van der Waals surface area contributed by atoms with Crippen LogP contribution in [0.4, 0.5) is 0 Å². The summed E-state index contributed by atoms with van der Waals surface area (Å²) >= 11 is 10.5. The van der Waals surface area contributed by atoms with Gasteiger partial charge in [-0.3, -0.25) is 9.69 Å². The van der Waals surface area contributed by atoms with E-state index in [1.54, 1.807) is 18.2 Å². The number of thiol groups is 1. The molecule has 20 heavy (non-hydrogen) atoms. The number of carbonyl (C=O) groups excluding carboxylic acids is 1. The number of carbonyl (C=O) groups is 1. The molecule has 2 fully saturated rings. The molecule has 0 saturated carbocycles. The fourth-order valence-electron chi connectivity index (χ4n) is 3.19. The summed E-state index contributed by atoms with van der Waals surface area (Å²) in [6, 6.07) is 5.84. The molecule has 1 unspecified atom stereocenters. The van der Waals surface area contributed by atoms with E-state index >= 15 is 0 Å². The monoisotopic (exact) mass is 310 g/mol. The van der Waals surface area contributed by atoms with Crippen molar-refractivity contribution in [1.82, 2.24) is 9.80 Å². The molecular weight excluding hydrogens is 292 g/mol. The average Bonchev–Trinajstić information content (AvgIpc) is 2.48. The summed E-state index contributed by atoms with van der Waals surface area (Å²) in [5.74, 6) is 0.0381. The van der Waals surface area contributed by atoms with Gasteiger partial charge in [0.2, 0.25) is 0 Å². The van der Waals surface area contributed by atoms with Gasteiger partial charge in [-0.1, -0.05) is 18.0 Å². The van der Waals surface area contributed by atoms with Crippen molar-refractivity contribution in [3.8, 4) is 0 Å². The van der Waals surface area contributed by atoms with Crippen molar-refractivity contribution in [2.24, 2.45) is 0 Å². The third kappa shape index (κ3) is 2.83. The number of piperazine rings is 1. The minimum absolute atomic E-state index is 0.0381. The van der Waals surface area contributed by atoms with E-state index in [-0.39, 0.29) is 5.91 Å². The minimum atomic E-state index is 0.0381. The second-order valence-electron chi connectivity index (χ2n) is 5.60. The van der Waals surface area contributed by atoms with Crippen LogP contribution >= 0.6 is 24.2 Å². The second-order valence-corrected chi connectivity index (χ2v) is 6.52. The van der Waals surface area contributed by atoms with Gasteiger partial charge in [-0.05, 0) is 37.6 Å². The van der Waals surface area contributed by atoms with Crippen molar-refractivity contribution in [2.45, 2.75) is 30.2 Å². The number of benzene rings is 1. The van der Waals surface area contributed by atoms with Crippen LogP contribution in [0.5, 0.6) is 0 Å². The van der Waals surface area contributed by atoms with E-state index in [0.717, 1.165) is 24.5 Å². The van der Waals surface area contributed by atoms with E-state index in [1.807, 2.05) is 4.90 Å². The molecule has 1 amide bonds. The SMILES string of the molecule is O=C(c1cc(S)ccc1Cl)N1CCN2CCCCC2C1. The van der Waals surface area contributed by atoms with Crippen LogP contribution in [0.15, 0.2) is 23.1 Å². The van der Waals surface area contributed by atoms with Crippen LogP contribution in [0.1, 0.15) is 29.6 Å². The quantitative estimate of drug-likeness (QED) is 0.806. The number of rotatable bonds is 1. The predicted octanol–water partition coefficient (Wildman–Crippen LogP) is 2.94. The largest absolute Gasteiger partial charge is 0.336 e. The Kier molecular flexibility index (Phi) is 4.24. The van der Waals surface area contributed by atoms with Crippen LogP contribution in [-0.4, -0.2) is 47.9 Å². The minimum Gasteiger partial charge on any atom is -0.336 e. The lowest BCUT2D eigenvalue weighted by Gasteiger charge is -2.44. The molecule has 5 heteroatoms. The van der Waals surface area contributed by atoms with E-state index < -0.39 is 0 Å². The molecule has 1 aromatic rings. The van der Waals surface area contributed by atoms with Gasteiger partial charge in [-0.15, -0.1) is 12.6 Å². The van der Waals surface area contributed by atoms with Crippen LogP contribution < -0.4 is 0 Å². The molecule has 0 N–H and O–H groups in total. The molecule has 0 radical (unpaired) electrons. The lowest BCUT2D eigenvalue weighted by Crippen LogP contribution is -2.56. The standard InChI is InChI=1S/C15H19ClN2OS/c16-14-5-4-12(20)9-13(14)15(19)18-8-7-17-6-2-1-3-11(17)10-18/h4-5,9,11,20H,1-3,6-8,10H2. The third-order valence-electron chi connectivity index (χ3n) is 4.30. The van der Waals surface area contributed by atoms with Gasteiger partial charge in [0.1, 0.15) is 0 Å². The van der Waals surface area contributed by atoms with Crippen molar-refractivity contribution < 1.29 is 4.79 Å². The smallest absolute Gasteiger partial charge is 0.255 e. The fraction of sp³-hybridized carbons (Fsp3) is 0.533. The first kappa shape index (κ1) is 14.2. The van der Waals surface area contributed by atoms with Gasteiger partial charge in [0.15, 0.2) is 0 Å². The maximum Gasteiger partial charge on any atom is 0.255 e. The molecule has 2 heterocycles. The molecule has 3 nitrogen and oxygen atoms in total. The molecule has 3 rings (SSSR count). The lowest BCUT2D eigenvalue weighted by atomic mass is 9.99. The zero-order valence-corrected chi connectivity index (χ0v) is 13.0. The molecule has 108 valence electrons. The first-order chi connectivity index (χ1) is 9.65. The Hall–Kier alpha value is -0.710. The number of piperidine rings is 1. The van der Waals surface area contributed by atoms with Gasteiger partial charge in [-0.2, -0.15) is 0 Å². The average molecular weight is 311 g/mol. The van der Waals surface area contributed by atoms with Crippen molar-refractivity contribution in [1.29, 1.82) is 0 Å². The third-order valence-corrected chi connectivity index (χ3v) is 4.91. The Morgan fingerprint density at radius 2 is 2.10 bits per heavy atom. The maximum atomic E-state index is 12.6. The Bertz CT molecular complexity index is 523. The Morgan fingerprint density at radius 1 is 1.25 bits per heavy atom. The van der Waals surface area contributed by atoms with E-state index in [4.69, 9.17) is 11.6 Å². The highest BCUT2D eigenvalue weighted by molar-refractivity contribution is 7.80. The van der Waals surface area contributed by atoms with Gasteiger partial charge < -0.3 is 4.90 Å². The number of amides is 1. The Labute approximate surface area is 130 Å². The first-order valence-electron chi connectivity index (χ1n) is 7.17. The summed E-state index contributed by atoms with van der Waals surface area (Å²) in [4.78, 5) is 17.9. The summed E-state index contributed by atoms with van der Waals surface area (Å²) in [6.45, 7) is 3.78. The van der Waals surface area contributed by atoms with E-state index in [0.29, 0.717) is 16.6 Å². The van der Waals surface area contributed by atoms with Crippen molar-refractivity contribution >= 4 is 30.1 Å². The molecule has 0 aliphatic carbocycles. The van der Waals surface area contributed by atoms with Gasteiger partial charge in [0.05, 0.1) is 10.6 Å². The van der Waals surface area contributed by atoms with Gasteiger partial charge in [0, 0.05) is 30.6 Å². The zero-order valence-electron chi connectivity index (χ0n) is 11.4. The molecule has 1 aromatic carbocycles. The molecule has 1 atom stereocenters. The van der Waals surface area contributed by atoms with Crippen LogP contribution in [0, 0.1) is 0 Å². The summed E-state index contributed by atoms with van der Waals surface area (Å²) in [5.41, 5.74) is 0.573. The van der Waals surface area contributed by atoms with Gasteiger partial charge >= 0.3 is 0 Å². The first-order valence-corrected chi connectivity index (χ1v) is 7.99. The molecule has 0 aromatic heterocycles. The number of halogens is 1. The normalized spacial score (nSPS) is 23.5. The Morgan fingerprint density at radius 3 is 2.95 bits per heavy atom. The highest BCUT2D eigenvalue weighted by Gasteiger charge is 2.31. The molecule has 2 aliphatic heterocycles. The molecule has 0 bridgehead atoms. The highest BCUT2D eigenvalue weighted by atomic mass is 35.5. The molecule has 2 aliphatic rings. The maximum absolute atomic E-state index is 12.6. The molecular formula is C15H19ClN2OS. The van der Waals surface area contributed by atoms with Crippen molar-refractivity contribution in [3.05, 3.63) is 28.8 Å². The summed E-state index contributed by atoms with van der Waals surface area (Å²) in [7, 11) is 0. The number of fused-ring (bicyclic) bond motifs is 1. The number of nitrogens with zero attached hydrogens (tertiary/aromatic N) is 2. The van der Waals surface area contributed by atoms with E-state index in [1.165, 1.54) is 25.8 Å². The zero-order chi connectivity index (χ0) is 14.1. The second kappa shape index (κ2) is 5.96. The van der Waals surface area contributed by atoms with Crippen molar-refractivity contribution in [3.63, 3.8) is 0 Å². The summed E-state index contributed by atoms with van der Waals surface area (Å²) in [5, 5.41) is 0.513. The number of hydrogen-bond acceptors (Lipinski definition) is 3. The van der Waals surface area contributed by atoms with Crippen LogP contribution in [0.2, 0.25) is 5.02 Å². The molecule has 0 spiro atoms. The number of hydrogen-bond donors (Lipinski definition) is 1. The van der Waals surface area contributed by atoms with Crippen LogP contribution in [0.3, 0.4) is 0 Å². The topological polar surface area (TPSA) is 23.6 Å². The fourth-order valence-corrected chi connectivity index (χ4v) is 3.59. The molecule has 2 saturated heterocycles. The summed E-state index contributed by atoms with van der Waals surface area (Å²) in [6.07, 6.45) is 3.76. The predicted molar refractivity (Wildman–Crippen MR) is 83.8 cm³/mol. The van der Waals surface area contributed by atoms with Gasteiger partial charge in [0.25, 0.3) is 5.91 Å². The van der Waals surface area contributed by atoms with Crippen LogP contribution in [-0.2, 0) is 0 Å². The summed E-state index contributed by atoms with van der Waals surface area (Å²) < 4.78 is 0.